The maximum atomic E-state index is 12.3. The van der Waals surface area contributed by atoms with E-state index in [-0.39, 0.29) is 17.7 Å². The van der Waals surface area contributed by atoms with Crippen LogP contribution in [0.5, 0.6) is 0 Å². The summed E-state index contributed by atoms with van der Waals surface area (Å²) < 4.78 is 0. The van der Waals surface area contributed by atoms with Crippen LogP contribution in [0.25, 0.3) is 0 Å². The number of aromatic amines is 1. The molecule has 1 amide bonds. The zero-order valence-corrected chi connectivity index (χ0v) is 9.76. The van der Waals surface area contributed by atoms with E-state index in [1.165, 1.54) is 5.56 Å². The second kappa shape index (κ2) is 4.14. The summed E-state index contributed by atoms with van der Waals surface area (Å²) in [5.74, 6) is 0.0826. The fourth-order valence-electron chi connectivity index (χ4n) is 2.24. The van der Waals surface area contributed by atoms with E-state index in [1.807, 2.05) is 24.3 Å². The Balaban J connectivity index is 1.96. The van der Waals surface area contributed by atoms with Crippen molar-refractivity contribution >= 4 is 17.5 Å². The molecular formula is C12H13N5O. The SMILES string of the molecule is Nc1n[nH]c(C(=O)N2CCCc3ccccc32)n1. The number of benzene rings is 1. The van der Waals surface area contributed by atoms with Crippen LogP contribution in [-0.2, 0) is 6.42 Å². The van der Waals surface area contributed by atoms with E-state index in [4.69, 9.17) is 5.73 Å². The average Bonchev–Trinajstić information content (AvgIpc) is 2.84. The van der Waals surface area contributed by atoms with Crippen LogP contribution in [0, 0.1) is 0 Å². The summed E-state index contributed by atoms with van der Waals surface area (Å²) in [7, 11) is 0. The second-order valence-electron chi connectivity index (χ2n) is 4.23. The van der Waals surface area contributed by atoms with Crippen molar-refractivity contribution < 1.29 is 4.79 Å². The molecule has 92 valence electrons. The number of aromatic nitrogens is 3. The standard InChI is InChI=1S/C12H13N5O/c13-12-14-10(15-16-12)11(18)17-7-3-5-8-4-1-2-6-9(8)17/h1-2,4,6H,3,5,7H2,(H3,13,14,15,16). The van der Waals surface area contributed by atoms with Crippen LogP contribution in [-0.4, -0.2) is 27.6 Å². The summed E-state index contributed by atoms with van der Waals surface area (Å²) in [6.45, 7) is 0.691. The van der Waals surface area contributed by atoms with Gasteiger partial charge in [-0.2, -0.15) is 4.98 Å². The lowest BCUT2D eigenvalue weighted by atomic mass is 10.0. The fraction of sp³-hybridized carbons (Fsp3) is 0.250. The predicted molar refractivity (Wildman–Crippen MR) is 67.2 cm³/mol. The third-order valence-corrected chi connectivity index (χ3v) is 3.06. The highest BCUT2D eigenvalue weighted by atomic mass is 16.2. The van der Waals surface area contributed by atoms with Crippen LogP contribution in [0.2, 0.25) is 0 Å². The zero-order valence-electron chi connectivity index (χ0n) is 9.76. The lowest BCUT2D eigenvalue weighted by Crippen LogP contribution is -2.36. The van der Waals surface area contributed by atoms with Crippen molar-refractivity contribution in [3.63, 3.8) is 0 Å². The molecule has 1 aromatic heterocycles. The van der Waals surface area contributed by atoms with Gasteiger partial charge < -0.3 is 10.6 Å². The van der Waals surface area contributed by atoms with Crippen LogP contribution in [0.3, 0.4) is 0 Å². The Bertz CT molecular complexity index is 592. The Morgan fingerprint density at radius 2 is 2.22 bits per heavy atom. The lowest BCUT2D eigenvalue weighted by molar-refractivity contribution is 0.0975. The van der Waals surface area contributed by atoms with Crippen LogP contribution in [0.1, 0.15) is 22.6 Å². The summed E-state index contributed by atoms with van der Waals surface area (Å²) in [6.07, 6.45) is 1.95. The third kappa shape index (κ3) is 1.71. The summed E-state index contributed by atoms with van der Waals surface area (Å²) in [4.78, 5) is 17.9. The molecule has 18 heavy (non-hydrogen) atoms. The van der Waals surface area contributed by atoms with Crippen molar-refractivity contribution in [2.45, 2.75) is 12.8 Å². The Hall–Kier alpha value is -2.37. The van der Waals surface area contributed by atoms with Crippen LogP contribution < -0.4 is 10.6 Å². The van der Waals surface area contributed by atoms with Crippen LogP contribution in [0.15, 0.2) is 24.3 Å². The molecule has 1 aliphatic heterocycles. The van der Waals surface area contributed by atoms with Gasteiger partial charge in [-0.1, -0.05) is 18.2 Å². The van der Waals surface area contributed by atoms with E-state index >= 15 is 0 Å². The zero-order chi connectivity index (χ0) is 12.5. The molecule has 0 saturated carbocycles. The van der Waals surface area contributed by atoms with Crippen LogP contribution >= 0.6 is 0 Å². The van der Waals surface area contributed by atoms with Gasteiger partial charge in [-0.15, -0.1) is 5.10 Å². The molecule has 2 heterocycles. The minimum Gasteiger partial charge on any atom is -0.366 e. The molecule has 0 radical (unpaired) electrons. The first-order valence-corrected chi connectivity index (χ1v) is 5.83. The van der Waals surface area contributed by atoms with Gasteiger partial charge in [0.05, 0.1) is 0 Å². The summed E-state index contributed by atoms with van der Waals surface area (Å²) in [5.41, 5.74) is 7.55. The quantitative estimate of drug-likeness (QED) is 0.781. The minimum atomic E-state index is -0.189. The smallest absolute Gasteiger partial charge is 0.295 e. The Labute approximate surface area is 104 Å². The van der Waals surface area contributed by atoms with Gasteiger partial charge >= 0.3 is 0 Å². The summed E-state index contributed by atoms with van der Waals surface area (Å²) >= 11 is 0. The number of nitrogens with one attached hydrogen (secondary N) is 1. The summed E-state index contributed by atoms with van der Waals surface area (Å²) in [5, 5.41) is 6.24. The third-order valence-electron chi connectivity index (χ3n) is 3.06. The molecule has 3 rings (SSSR count). The molecule has 0 atom stereocenters. The lowest BCUT2D eigenvalue weighted by Gasteiger charge is -2.28. The van der Waals surface area contributed by atoms with Crippen molar-refractivity contribution in [1.82, 2.24) is 15.2 Å². The minimum absolute atomic E-state index is 0.0867. The molecule has 0 bridgehead atoms. The molecule has 3 N–H and O–H groups in total. The van der Waals surface area contributed by atoms with Gasteiger partial charge in [0.2, 0.25) is 11.8 Å². The second-order valence-corrected chi connectivity index (χ2v) is 4.23. The molecule has 6 heteroatoms. The molecule has 2 aromatic rings. The maximum Gasteiger partial charge on any atom is 0.295 e. The highest BCUT2D eigenvalue weighted by Gasteiger charge is 2.25. The van der Waals surface area contributed by atoms with Crippen molar-refractivity contribution in [3.8, 4) is 0 Å². The number of nitrogens with two attached hydrogens (primary N) is 1. The van der Waals surface area contributed by atoms with Crippen molar-refractivity contribution in [2.24, 2.45) is 0 Å². The molecule has 1 aromatic carbocycles. The number of nitrogens with zero attached hydrogens (tertiary/aromatic N) is 3. The first kappa shape index (κ1) is 10.8. The number of nitrogen functional groups attached to an aromatic ring is 1. The van der Waals surface area contributed by atoms with Gasteiger partial charge in [-0.05, 0) is 24.5 Å². The number of hydrogen-bond donors (Lipinski definition) is 2. The predicted octanol–water partition coefficient (Wildman–Crippen LogP) is 0.980. The van der Waals surface area contributed by atoms with Crippen LogP contribution in [0.4, 0.5) is 11.6 Å². The molecule has 6 nitrogen and oxygen atoms in total. The number of rotatable bonds is 1. The number of carbonyl (C=O) groups excluding carboxylic acids is 1. The van der Waals surface area contributed by atoms with Crippen molar-refractivity contribution in [3.05, 3.63) is 35.7 Å². The van der Waals surface area contributed by atoms with E-state index in [1.54, 1.807) is 4.90 Å². The number of amides is 1. The number of carbonyl (C=O) groups is 1. The maximum absolute atomic E-state index is 12.3. The molecule has 1 aliphatic rings. The average molecular weight is 243 g/mol. The topological polar surface area (TPSA) is 87.9 Å². The Morgan fingerprint density at radius 1 is 1.39 bits per heavy atom. The van der Waals surface area contributed by atoms with Crippen molar-refractivity contribution in [1.29, 1.82) is 0 Å². The van der Waals surface area contributed by atoms with E-state index in [2.05, 4.69) is 15.2 Å². The monoisotopic (exact) mass is 243 g/mol. The number of anilines is 2. The molecule has 0 aliphatic carbocycles. The first-order valence-electron chi connectivity index (χ1n) is 5.83. The van der Waals surface area contributed by atoms with E-state index in [0.717, 1.165) is 18.5 Å². The molecule has 0 fully saturated rings. The number of fused-ring (bicyclic) bond motifs is 1. The van der Waals surface area contributed by atoms with Gasteiger partial charge in [0.1, 0.15) is 0 Å². The molecule has 0 saturated heterocycles. The fourth-order valence-corrected chi connectivity index (χ4v) is 2.24. The van der Waals surface area contributed by atoms with E-state index in [0.29, 0.717) is 6.54 Å². The van der Waals surface area contributed by atoms with E-state index < -0.39 is 0 Å². The first-order chi connectivity index (χ1) is 8.75. The summed E-state index contributed by atoms with van der Waals surface area (Å²) in [6, 6.07) is 7.91. The van der Waals surface area contributed by atoms with Gasteiger partial charge in [0, 0.05) is 12.2 Å². The van der Waals surface area contributed by atoms with Gasteiger partial charge in [0.25, 0.3) is 5.91 Å². The number of aryl methyl sites for hydroxylation is 1. The largest absolute Gasteiger partial charge is 0.366 e. The number of H-pyrrole nitrogens is 1. The molecule has 0 spiro atoms. The number of para-hydroxylation sites is 1. The normalized spacial score (nSPS) is 14.3. The van der Waals surface area contributed by atoms with Crippen molar-refractivity contribution in [2.75, 3.05) is 17.2 Å². The Morgan fingerprint density at radius 3 is 3.00 bits per heavy atom. The number of hydrogen-bond acceptors (Lipinski definition) is 4. The highest BCUT2D eigenvalue weighted by Crippen LogP contribution is 2.27. The molecule has 0 unspecified atom stereocenters. The van der Waals surface area contributed by atoms with Gasteiger partial charge in [0.15, 0.2) is 0 Å². The van der Waals surface area contributed by atoms with Gasteiger partial charge in [-0.3, -0.25) is 9.89 Å². The van der Waals surface area contributed by atoms with E-state index in [9.17, 15) is 4.79 Å². The highest BCUT2D eigenvalue weighted by molar-refractivity contribution is 6.04. The Kier molecular flexibility index (Phi) is 2.47. The van der Waals surface area contributed by atoms with Gasteiger partial charge in [-0.25, -0.2) is 0 Å². The molecular weight excluding hydrogens is 230 g/mol.